The summed E-state index contributed by atoms with van der Waals surface area (Å²) in [6.07, 6.45) is 1.46. The van der Waals surface area contributed by atoms with Crippen LogP contribution in [0.3, 0.4) is 0 Å². The number of pyridine rings is 1. The Morgan fingerprint density at radius 2 is 1.71 bits per heavy atom. The molecule has 8 nitrogen and oxygen atoms in total. The van der Waals surface area contributed by atoms with Gasteiger partial charge in [0, 0.05) is 41.8 Å². The highest BCUT2D eigenvalue weighted by atomic mass is 16.5. The molecule has 1 aromatic carbocycles. The van der Waals surface area contributed by atoms with E-state index in [-0.39, 0.29) is 17.8 Å². The number of amides is 2. The van der Waals surface area contributed by atoms with Crippen LogP contribution in [0, 0.1) is 13.8 Å². The second kappa shape index (κ2) is 8.26. The molecule has 0 aliphatic heterocycles. The maximum Gasteiger partial charge on any atom is 0.322 e. The maximum absolute atomic E-state index is 12.5. The minimum atomic E-state index is -0.339. The SMILES string of the molecule is CC(=O)Nc1cc(C(=O)Nc2cccc(Oc3nc(C)cc(C)n3)c2)ccn1. The van der Waals surface area contributed by atoms with Crippen LogP contribution in [-0.4, -0.2) is 26.8 Å². The zero-order valence-corrected chi connectivity index (χ0v) is 15.7. The van der Waals surface area contributed by atoms with Crippen LogP contribution < -0.4 is 15.4 Å². The minimum Gasteiger partial charge on any atom is -0.424 e. The van der Waals surface area contributed by atoms with Crippen LogP contribution in [0.15, 0.2) is 48.7 Å². The lowest BCUT2D eigenvalue weighted by Crippen LogP contribution is -2.14. The predicted molar refractivity (Wildman–Crippen MR) is 105 cm³/mol. The fraction of sp³-hybridized carbons (Fsp3) is 0.150. The third kappa shape index (κ3) is 5.10. The Hall–Kier alpha value is -3.81. The van der Waals surface area contributed by atoms with E-state index in [0.29, 0.717) is 22.8 Å². The first-order chi connectivity index (χ1) is 13.4. The molecule has 0 aliphatic carbocycles. The van der Waals surface area contributed by atoms with Crippen LogP contribution in [0.5, 0.6) is 11.8 Å². The molecule has 0 radical (unpaired) electrons. The van der Waals surface area contributed by atoms with Crippen molar-refractivity contribution in [2.75, 3.05) is 10.6 Å². The van der Waals surface area contributed by atoms with Crippen LogP contribution >= 0.6 is 0 Å². The summed E-state index contributed by atoms with van der Waals surface area (Å²) < 4.78 is 5.70. The van der Waals surface area contributed by atoms with Gasteiger partial charge in [0.15, 0.2) is 0 Å². The van der Waals surface area contributed by atoms with Crippen LogP contribution in [0.25, 0.3) is 0 Å². The maximum atomic E-state index is 12.5. The van der Waals surface area contributed by atoms with E-state index >= 15 is 0 Å². The number of rotatable bonds is 5. The number of carbonyl (C=O) groups is 2. The highest BCUT2D eigenvalue weighted by Crippen LogP contribution is 2.22. The molecule has 2 amide bonds. The molecule has 0 unspecified atom stereocenters. The topological polar surface area (TPSA) is 106 Å². The van der Waals surface area contributed by atoms with E-state index in [1.807, 2.05) is 19.9 Å². The highest BCUT2D eigenvalue weighted by molar-refractivity contribution is 6.05. The molecule has 8 heteroatoms. The number of hydrogen-bond acceptors (Lipinski definition) is 6. The lowest BCUT2D eigenvalue weighted by Gasteiger charge is -2.09. The van der Waals surface area contributed by atoms with Gasteiger partial charge in [-0.3, -0.25) is 9.59 Å². The molecule has 2 N–H and O–H groups in total. The van der Waals surface area contributed by atoms with E-state index in [1.54, 1.807) is 30.3 Å². The normalized spacial score (nSPS) is 10.2. The van der Waals surface area contributed by atoms with Crippen LogP contribution in [0.2, 0.25) is 0 Å². The van der Waals surface area contributed by atoms with Crippen molar-refractivity contribution in [3.05, 3.63) is 65.6 Å². The van der Waals surface area contributed by atoms with Gasteiger partial charge >= 0.3 is 6.01 Å². The second-order valence-corrected chi connectivity index (χ2v) is 6.13. The lowest BCUT2D eigenvalue weighted by atomic mass is 10.2. The summed E-state index contributed by atoms with van der Waals surface area (Å²) in [6.45, 7) is 5.10. The van der Waals surface area contributed by atoms with Crippen molar-refractivity contribution in [1.82, 2.24) is 15.0 Å². The molecule has 0 saturated heterocycles. The number of ether oxygens (including phenoxy) is 1. The van der Waals surface area contributed by atoms with Gasteiger partial charge in [-0.25, -0.2) is 15.0 Å². The van der Waals surface area contributed by atoms with Gasteiger partial charge < -0.3 is 15.4 Å². The second-order valence-electron chi connectivity index (χ2n) is 6.13. The van der Waals surface area contributed by atoms with Gasteiger partial charge in [0.1, 0.15) is 11.6 Å². The summed E-state index contributed by atoms with van der Waals surface area (Å²) in [5.74, 6) is 0.206. The Bertz CT molecular complexity index is 1020. The van der Waals surface area contributed by atoms with Gasteiger partial charge in [0.25, 0.3) is 5.91 Å². The Morgan fingerprint density at radius 3 is 2.43 bits per heavy atom. The zero-order chi connectivity index (χ0) is 20.1. The van der Waals surface area contributed by atoms with Crippen molar-refractivity contribution >= 4 is 23.3 Å². The van der Waals surface area contributed by atoms with Gasteiger partial charge in [-0.1, -0.05) is 6.07 Å². The van der Waals surface area contributed by atoms with Crippen molar-refractivity contribution in [2.45, 2.75) is 20.8 Å². The van der Waals surface area contributed by atoms with E-state index < -0.39 is 0 Å². The molecule has 3 rings (SSSR count). The number of aromatic nitrogens is 3. The summed E-state index contributed by atoms with van der Waals surface area (Å²) in [6, 6.07) is 12.1. The molecule has 0 aliphatic rings. The van der Waals surface area contributed by atoms with E-state index in [4.69, 9.17) is 4.74 Å². The van der Waals surface area contributed by atoms with Gasteiger partial charge in [-0.15, -0.1) is 0 Å². The van der Waals surface area contributed by atoms with Gasteiger partial charge in [-0.05, 0) is 44.2 Å². The lowest BCUT2D eigenvalue weighted by molar-refractivity contribution is -0.114. The summed E-state index contributed by atoms with van der Waals surface area (Å²) in [7, 11) is 0. The van der Waals surface area contributed by atoms with Crippen LogP contribution in [-0.2, 0) is 4.79 Å². The van der Waals surface area contributed by atoms with Crippen LogP contribution in [0.1, 0.15) is 28.7 Å². The van der Waals surface area contributed by atoms with Crippen molar-refractivity contribution in [2.24, 2.45) is 0 Å². The van der Waals surface area contributed by atoms with Gasteiger partial charge in [0.2, 0.25) is 5.91 Å². The predicted octanol–water partition coefficient (Wildman–Crippen LogP) is 3.49. The number of carbonyl (C=O) groups excluding carboxylic acids is 2. The van der Waals surface area contributed by atoms with E-state index in [1.165, 1.54) is 19.2 Å². The third-order valence-electron chi connectivity index (χ3n) is 3.59. The van der Waals surface area contributed by atoms with Crippen molar-refractivity contribution in [1.29, 1.82) is 0 Å². The van der Waals surface area contributed by atoms with E-state index in [9.17, 15) is 9.59 Å². The molecular formula is C20H19N5O3. The van der Waals surface area contributed by atoms with Gasteiger partial charge in [0.05, 0.1) is 0 Å². The Labute approximate surface area is 162 Å². The summed E-state index contributed by atoms with van der Waals surface area (Å²) in [4.78, 5) is 36.1. The van der Waals surface area contributed by atoms with Crippen molar-refractivity contribution in [3.8, 4) is 11.8 Å². The van der Waals surface area contributed by atoms with Crippen LogP contribution in [0.4, 0.5) is 11.5 Å². The molecule has 0 fully saturated rings. The van der Waals surface area contributed by atoms with Gasteiger partial charge in [-0.2, -0.15) is 0 Å². The van der Waals surface area contributed by atoms with Crippen molar-refractivity contribution < 1.29 is 14.3 Å². The fourth-order valence-corrected chi connectivity index (χ4v) is 2.51. The Balaban J connectivity index is 1.73. The average Bonchev–Trinajstić information content (AvgIpc) is 2.61. The monoisotopic (exact) mass is 377 g/mol. The molecule has 2 heterocycles. The number of aryl methyl sites for hydroxylation is 2. The molecule has 0 bridgehead atoms. The molecular weight excluding hydrogens is 358 g/mol. The molecule has 2 aromatic heterocycles. The number of nitrogens with zero attached hydrogens (tertiary/aromatic N) is 3. The molecule has 3 aromatic rings. The first kappa shape index (κ1) is 19.0. The summed E-state index contributed by atoms with van der Waals surface area (Å²) in [5, 5.41) is 5.33. The summed E-state index contributed by atoms with van der Waals surface area (Å²) in [5.41, 5.74) is 2.52. The third-order valence-corrected chi connectivity index (χ3v) is 3.59. The van der Waals surface area contributed by atoms with Crippen molar-refractivity contribution in [3.63, 3.8) is 0 Å². The molecule has 0 atom stereocenters. The first-order valence-corrected chi connectivity index (χ1v) is 8.54. The molecule has 0 saturated carbocycles. The number of nitrogens with one attached hydrogen (secondary N) is 2. The standard InChI is InChI=1S/C20H19N5O3/c1-12-9-13(2)23-20(22-12)28-17-6-4-5-16(11-17)25-19(27)15-7-8-21-18(10-15)24-14(3)26/h4-11H,1-3H3,(H,25,27)(H,21,24,26). The first-order valence-electron chi connectivity index (χ1n) is 8.54. The van der Waals surface area contributed by atoms with E-state index in [2.05, 4.69) is 25.6 Å². The molecule has 0 spiro atoms. The Morgan fingerprint density at radius 1 is 0.964 bits per heavy atom. The molecule has 28 heavy (non-hydrogen) atoms. The quantitative estimate of drug-likeness (QED) is 0.705. The summed E-state index contributed by atoms with van der Waals surface area (Å²) >= 11 is 0. The average molecular weight is 377 g/mol. The number of anilines is 2. The highest BCUT2D eigenvalue weighted by Gasteiger charge is 2.10. The Kier molecular flexibility index (Phi) is 5.59. The number of benzene rings is 1. The minimum absolute atomic E-state index is 0.245. The van der Waals surface area contributed by atoms with E-state index in [0.717, 1.165) is 11.4 Å². The fourth-order valence-electron chi connectivity index (χ4n) is 2.51. The smallest absolute Gasteiger partial charge is 0.322 e. The largest absolute Gasteiger partial charge is 0.424 e. The molecule has 142 valence electrons. The zero-order valence-electron chi connectivity index (χ0n) is 15.7. The number of hydrogen-bond donors (Lipinski definition) is 2.